The van der Waals surface area contributed by atoms with Gasteiger partial charge in [0.25, 0.3) is 0 Å². The minimum absolute atomic E-state index is 0.000998. The van der Waals surface area contributed by atoms with Crippen LogP contribution < -0.4 is 10.6 Å². The van der Waals surface area contributed by atoms with Crippen molar-refractivity contribution in [2.75, 3.05) is 20.6 Å². The Balaban J connectivity index is 2.16. The van der Waals surface area contributed by atoms with E-state index < -0.39 is 30.0 Å². The maximum atomic E-state index is 12.1. The van der Waals surface area contributed by atoms with E-state index in [1.807, 2.05) is 0 Å². The molecule has 2 aliphatic heterocycles. The topological polar surface area (TPSA) is 139 Å². The lowest BCUT2D eigenvalue weighted by Gasteiger charge is -2.27. The van der Waals surface area contributed by atoms with E-state index in [1.54, 1.807) is 21.0 Å². The summed E-state index contributed by atoms with van der Waals surface area (Å²) in [5.41, 5.74) is -0.0215. The monoisotopic (exact) mass is 401 g/mol. The van der Waals surface area contributed by atoms with Gasteiger partial charge in [-0.05, 0) is 13.3 Å². The molecule has 0 bridgehead atoms. The van der Waals surface area contributed by atoms with Crippen LogP contribution in [0.3, 0.4) is 0 Å². The Bertz CT molecular complexity index is 651. The fourth-order valence-corrected chi connectivity index (χ4v) is 5.07. The minimum Gasteiger partial charge on any atom is -0.481 e. The van der Waals surface area contributed by atoms with Gasteiger partial charge >= 0.3 is 11.9 Å². The summed E-state index contributed by atoms with van der Waals surface area (Å²) >= 11 is 1.37. The van der Waals surface area contributed by atoms with Gasteiger partial charge in [-0.15, -0.1) is 11.8 Å². The van der Waals surface area contributed by atoms with Crippen LogP contribution in [0, 0.1) is 11.8 Å². The van der Waals surface area contributed by atoms with E-state index in [-0.39, 0.29) is 28.8 Å². The van der Waals surface area contributed by atoms with Crippen molar-refractivity contribution < 1.29 is 29.7 Å². The second-order valence-corrected chi connectivity index (χ2v) is 8.62. The highest BCUT2D eigenvalue weighted by atomic mass is 32.2. The average molecular weight is 401 g/mol. The number of aliphatic carboxylic acids is 2. The van der Waals surface area contributed by atoms with E-state index in [0.717, 1.165) is 0 Å². The number of carboxylic acid groups (broad SMARTS) is 2. The minimum atomic E-state index is -1.18. The molecule has 0 aliphatic carbocycles. The number of carbonyl (C=O) groups is 3. The molecule has 2 heterocycles. The average Bonchev–Trinajstić information content (AvgIpc) is 3.13. The van der Waals surface area contributed by atoms with E-state index in [2.05, 4.69) is 10.6 Å². The molecular weight excluding hydrogens is 374 g/mol. The van der Waals surface area contributed by atoms with E-state index >= 15 is 0 Å². The Kier molecular flexibility index (Phi) is 6.77. The Hall–Kier alpha value is -1.78. The molecule has 0 spiro atoms. The number of aliphatic hydroxyl groups is 1. The number of likely N-dealkylation sites (N-methyl/N-ethyl adjacent to an activating group) is 1. The predicted molar refractivity (Wildman–Crippen MR) is 100 cm³/mol. The fraction of sp³-hybridized carbons (Fsp3) is 0.706. The van der Waals surface area contributed by atoms with Crippen molar-refractivity contribution in [3.8, 4) is 0 Å². The maximum Gasteiger partial charge on any atom is 0.352 e. The molecule has 0 aromatic rings. The first kappa shape index (κ1) is 21.5. The summed E-state index contributed by atoms with van der Waals surface area (Å²) in [4.78, 5) is 37.4. The second-order valence-electron chi connectivity index (χ2n) is 7.28. The van der Waals surface area contributed by atoms with Gasteiger partial charge in [-0.25, -0.2) is 4.79 Å². The number of rotatable bonds is 7. The first-order chi connectivity index (χ1) is 12.5. The largest absolute Gasteiger partial charge is 0.481 e. The van der Waals surface area contributed by atoms with Crippen LogP contribution in [-0.2, 0) is 14.4 Å². The van der Waals surface area contributed by atoms with Gasteiger partial charge in [0.15, 0.2) is 0 Å². The summed E-state index contributed by atoms with van der Waals surface area (Å²) in [5, 5.41) is 34.8. The normalized spacial score (nSPS) is 30.0. The zero-order valence-corrected chi connectivity index (χ0v) is 16.6. The molecule has 0 saturated carbocycles. The van der Waals surface area contributed by atoms with Crippen molar-refractivity contribution in [2.24, 2.45) is 11.8 Å². The molecule has 5 N–H and O–H groups in total. The number of carboxylic acids is 2. The predicted octanol–water partition coefficient (Wildman–Crippen LogP) is -0.476. The molecule has 1 fully saturated rings. The number of thioether (sulfide) groups is 1. The summed E-state index contributed by atoms with van der Waals surface area (Å²) < 4.78 is 0. The van der Waals surface area contributed by atoms with Gasteiger partial charge < -0.3 is 30.9 Å². The Morgan fingerprint density at radius 2 is 1.89 bits per heavy atom. The highest BCUT2D eigenvalue weighted by Crippen LogP contribution is 2.41. The molecule has 0 aromatic heterocycles. The molecule has 152 valence electrons. The van der Waals surface area contributed by atoms with Crippen molar-refractivity contribution in [3.63, 3.8) is 0 Å². The van der Waals surface area contributed by atoms with Crippen molar-refractivity contribution in [3.05, 3.63) is 10.6 Å². The molecule has 0 unspecified atom stereocenters. The first-order valence-electron chi connectivity index (χ1n) is 8.80. The molecule has 27 heavy (non-hydrogen) atoms. The molecule has 9 nitrogen and oxygen atoms in total. The first-order valence-corrected chi connectivity index (χ1v) is 9.68. The lowest BCUT2D eigenvalue weighted by molar-refractivity contribution is -0.147. The third kappa shape index (κ3) is 4.56. The number of aliphatic hydroxyl groups excluding tert-OH is 1. The van der Waals surface area contributed by atoms with Gasteiger partial charge in [0.05, 0.1) is 12.1 Å². The SMILES string of the molecule is C[C@H](O)[C@@H](C(=O)O)[C@@H]1NC(C(=O)O)=C(S[C@@H]2CN[C@H](C(=O)N(C)C)C2)[C@@H]1C. The van der Waals surface area contributed by atoms with Gasteiger partial charge in [-0.3, -0.25) is 9.59 Å². The molecule has 2 aliphatic rings. The van der Waals surface area contributed by atoms with Crippen LogP contribution in [0.4, 0.5) is 0 Å². The van der Waals surface area contributed by atoms with E-state index in [1.165, 1.54) is 23.6 Å². The fourth-order valence-electron chi connectivity index (χ4n) is 3.62. The molecule has 0 aromatic carbocycles. The number of nitrogens with one attached hydrogen (secondary N) is 2. The Morgan fingerprint density at radius 1 is 1.26 bits per heavy atom. The lowest BCUT2D eigenvalue weighted by atomic mass is 9.87. The molecule has 1 amide bonds. The van der Waals surface area contributed by atoms with Crippen LogP contribution >= 0.6 is 11.8 Å². The summed E-state index contributed by atoms with van der Waals surface area (Å²) in [6, 6.07) is -1.03. The van der Waals surface area contributed by atoms with Gasteiger partial charge in [-0.1, -0.05) is 6.92 Å². The van der Waals surface area contributed by atoms with Crippen LogP contribution in [-0.4, -0.2) is 82.1 Å². The van der Waals surface area contributed by atoms with E-state index in [0.29, 0.717) is 17.9 Å². The second kappa shape index (κ2) is 8.49. The van der Waals surface area contributed by atoms with Gasteiger partial charge in [0.2, 0.25) is 5.91 Å². The zero-order chi connectivity index (χ0) is 20.5. The van der Waals surface area contributed by atoms with Gasteiger partial charge in [-0.2, -0.15) is 0 Å². The third-order valence-electron chi connectivity index (χ3n) is 5.04. The third-order valence-corrected chi connectivity index (χ3v) is 6.56. The van der Waals surface area contributed by atoms with Crippen LogP contribution in [0.15, 0.2) is 10.6 Å². The summed E-state index contributed by atoms with van der Waals surface area (Å²) in [5.74, 6) is -3.88. The number of amides is 1. The summed E-state index contributed by atoms with van der Waals surface area (Å²) in [6.07, 6.45) is -0.564. The molecule has 2 rings (SSSR count). The number of carbonyl (C=O) groups excluding carboxylic acids is 1. The number of nitrogens with zero attached hydrogens (tertiary/aromatic N) is 1. The van der Waals surface area contributed by atoms with Crippen molar-refractivity contribution in [1.29, 1.82) is 0 Å². The Morgan fingerprint density at radius 3 is 2.37 bits per heavy atom. The number of hydrogen-bond donors (Lipinski definition) is 5. The standard InChI is InChI=1S/C17H27N3O6S/c1-7-12(11(8(2)21)16(23)24)19-13(17(25)26)14(7)27-9-5-10(18-6-9)15(22)20(3)4/h7-12,18-19,21H,5-6H2,1-4H3,(H,23,24)(H,25,26)/t7-,8+,9+,10+,11-,12-/m1/s1. The van der Waals surface area contributed by atoms with Crippen molar-refractivity contribution in [2.45, 2.75) is 43.7 Å². The van der Waals surface area contributed by atoms with Crippen molar-refractivity contribution >= 4 is 29.6 Å². The molecule has 0 radical (unpaired) electrons. The Labute approximate surface area is 162 Å². The molecular formula is C17H27N3O6S. The van der Waals surface area contributed by atoms with Crippen LogP contribution in [0.1, 0.15) is 20.3 Å². The molecule has 10 heteroatoms. The van der Waals surface area contributed by atoms with E-state index in [4.69, 9.17) is 0 Å². The highest BCUT2D eigenvalue weighted by molar-refractivity contribution is 8.03. The number of hydrogen-bond acceptors (Lipinski definition) is 7. The van der Waals surface area contributed by atoms with Crippen LogP contribution in [0.5, 0.6) is 0 Å². The van der Waals surface area contributed by atoms with Gasteiger partial charge in [0, 0.05) is 42.8 Å². The lowest BCUT2D eigenvalue weighted by Crippen LogP contribution is -2.45. The van der Waals surface area contributed by atoms with Crippen LogP contribution in [0.2, 0.25) is 0 Å². The zero-order valence-electron chi connectivity index (χ0n) is 15.8. The van der Waals surface area contributed by atoms with Gasteiger partial charge in [0.1, 0.15) is 11.6 Å². The quantitative estimate of drug-likeness (QED) is 0.383. The maximum absolute atomic E-state index is 12.1. The smallest absolute Gasteiger partial charge is 0.352 e. The highest BCUT2D eigenvalue weighted by Gasteiger charge is 2.45. The molecule has 1 saturated heterocycles. The summed E-state index contributed by atoms with van der Waals surface area (Å²) in [6.45, 7) is 3.71. The van der Waals surface area contributed by atoms with Crippen LogP contribution in [0.25, 0.3) is 0 Å². The van der Waals surface area contributed by atoms with Crippen molar-refractivity contribution in [1.82, 2.24) is 15.5 Å². The summed E-state index contributed by atoms with van der Waals surface area (Å²) in [7, 11) is 3.37. The van der Waals surface area contributed by atoms with E-state index in [9.17, 15) is 29.7 Å². The molecule has 6 atom stereocenters.